The van der Waals surface area contributed by atoms with Crippen LogP contribution in [0, 0.1) is 5.92 Å². The molecule has 1 fully saturated rings. The lowest BCUT2D eigenvalue weighted by Crippen LogP contribution is -2.35. The van der Waals surface area contributed by atoms with E-state index in [1.165, 1.54) is 4.90 Å². The number of hydrogen-bond acceptors (Lipinski definition) is 4. The zero-order valence-corrected chi connectivity index (χ0v) is 11.7. The van der Waals surface area contributed by atoms with Crippen molar-refractivity contribution in [3.05, 3.63) is 0 Å². The highest BCUT2D eigenvalue weighted by Crippen LogP contribution is 2.22. The van der Waals surface area contributed by atoms with Gasteiger partial charge in [0.05, 0.1) is 0 Å². The molecule has 1 rings (SSSR count). The first-order chi connectivity index (χ1) is 8.91. The third-order valence-electron chi connectivity index (χ3n) is 3.49. The predicted octanol–water partition coefficient (Wildman–Crippen LogP) is 1.28. The third-order valence-corrected chi connectivity index (χ3v) is 3.49. The largest absolute Gasteiger partial charge is 0.373 e. The summed E-state index contributed by atoms with van der Waals surface area (Å²) >= 11 is 0. The number of aliphatic hydroxyl groups excluding tert-OH is 1. The second-order valence-electron chi connectivity index (χ2n) is 5.35. The van der Waals surface area contributed by atoms with Crippen molar-refractivity contribution in [2.75, 3.05) is 6.54 Å². The summed E-state index contributed by atoms with van der Waals surface area (Å²) in [5.74, 6) is 0.00729. The molecule has 1 aliphatic heterocycles. The summed E-state index contributed by atoms with van der Waals surface area (Å²) in [4.78, 5) is 35.4. The highest BCUT2D eigenvalue weighted by atomic mass is 16.3. The van der Waals surface area contributed by atoms with Crippen LogP contribution in [0.2, 0.25) is 0 Å². The number of carbonyl (C=O) groups excluding carboxylic acids is 3. The first-order valence-electron chi connectivity index (χ1n) is 6.91. The topological polar surface area (TPSA) is 74.7 Å². The van der Waals surface area contributed by atoms with E-state index in [0.29, 0.717) is 32.2 Å². The Labute approximate surface area is 114 Å². The van der Waals surface area contributed by atoms with Crippen LogP contribution in [0.4, 0.5) is 0 Å². The van der Waals surface area contributed by atoms with Crippen LogP contribution in [0.1, 0.15) is 52.4 Å². The van der Waals surface area contributed by atoms with Gasteiger partial charge in [0.25, 0.3) is 0 Å². The Morgan fingerprint density at radius 3 is 2.42 bits per heavy atom. The molecule has 2 atom stereocenters. The fourth-order valence-corrected chi connectivity index (χ4v) is 2.30. The summed E-state index contributed by atoms with van der Waals surface area (Å²) in [7, 11) is 0. The van der Waals surface area contributed by atoms with Crippen LogP contribution in [0.3, 0.4) is 0 Å². The second kappa shape index (κ2) is 7.38. The third kappa shape index (κ3) is 5.11. The molecule has 0 aromatic rings. The number of Topliss-reactive ketones (excluding diaryl/α,β-unsaturated/α-hetero) is 2. The number of unbranched alkanes of at least 4 members (excludes halogenated alkanes) is 1. The van der Waals surface area contributed by atoms with E-state index in [9.17, 15) is 19.5 Å². The molecule has 0 bridgehead atoms. The molecule has 0 radical (unpaired) electrons. The van der Waals surface area contributed by atoms with Gasteiger partial charge in [-0.3, -0.25) is 9.59 Å². The molecule has 1 N–H and O–H groups in total. The fraction of sp³-hybridized carbons (Fsp3) is 0.786. The van der Waals surface area contributed by atoms with Crippen LogP contribution < -0.4 is 0 Å². The normalized spacial score (nSPS) is 22.9. The van der Waals surface area contributed by atoms with E-state index >= 15 is 0 Å². The summed E-state index contributed by atoms with van der Waals surface area (Å²) in [5, 5.41) is 9.67. The van der Waals surface area contributed by atoms with Crippen LogP contribution in [0.25, 0.3) is 0 Å². The van der Waals surface area contributed by atoms with Crippen molar-refractivity contribution in [3.8, 4) is 0 Å². The Balaban J connectivity index is 2.19. The van der Waals surface area contributed by atoms with E-state index < -0.39 is 6.23 Å². The Morgan fingerprint density at radius 1 is 1.26 bits per heavy atom. The van der Waals surface area contributed by atoms with Gasteiger partial charge >= 0.3 is 0 Å². The molecule has 1 amide bonds. The van der Waals surface area contributed by atoms with Crippen molar-refractivity contribution >= 4 is 17.5 Å². The standard InChI is InChI=1S/C14H23NO4/c1-10-9-13(18)15(14(10)19)8-7-12(17)6-4-3-5-11(2)16/h10,13,18H,3-9H2,1-2H3. The van der Waals surface area contributed by atoms with E-state index in [1.54, 1.807) is 13.8 Å². The van der Waals surface area contributed by atoms with Gasteiger partial charge in [-0.25, -0.2) is 0 Å². The van der Waals surface area contributed by atoms with Gasteiger partial charge < -0.3 is 14.8 Å². The van der Waals surface area contributed by atoms with Crippen LogP contribution in [0.15, 0.2) is 0 Å². The molecule has 0 spiro atoms. The number of nitrogens with zero attached hydrogens (tertiary/aromatic N) is 1. The summed E-state index contributed by atoms with van der Waals surface area (Å²) in [6.45, 7) is 3.63. The maximum Gasteiger partial charge on any atom is 0.227 e. The van der Waals surface area contributed by atoms with Gasteiger partial charge in [0.1, 0.15) is 17.8 Å². The van der Waals surface area contributed by atoms with Crippen LogP contribution in [0.5, 0.6) is 0 Å². The van der Waals surface area contributed by atoms with Gasteiger partial charge in [-0.2, -0.15) is 0 Å². The monoisotopic (exact) mass is 269 g/mol. The number of ketones is 2. The molecule has 0 aliphatic carbocycles. The van der Waals surface area contributed by atoms with Crippen molar-refractivity contribution in [1.29, 1.82) is 0 Å². The zero-order chi connectivity index (χ0) is 14.4. The first kappa shape index (κ1) is 15.8. The Morgan fingerprint density at radius 2 is 1.89 bits per heavy atom. The van der Waals surface area contributed by atoms with Crippen LogP contribution in [-0.4, -0.2) is 40.3 Å². The number of carbonyl (C=O) groups is 3. The van der Waals surface area contributed by atoms with Crippen molar-refractivity contribution in [1.82, 2.24) is 4.90 Å². The SMILES string of the molecule is CC(=O)CCCCC(=O)CCN1C(=O)C(C)CC1O. The van der Waals surface area contributed by atoms with Crippen LogP contribution in [-0.2, 0) is 14.4 Å². The molecule has 0 aromatic carbocycles. The maximum atomic E-state index is 11.7. The number of amides is 1. The van der Waals surface area contributed by atoms with Crippen LogP contribution >= 0.6 is 0 Å². The van der Waals surface area contributed by atoms with Gasteiger partial charge in [0, 0.05) is 38.1 Å². The smallest absolute Gasteiger partial charge is 0.227 e. The lowest BCUT2D eigenvalue weighted by molar-refractivity contribution is -0.135. The van der Waals surface area contributed by atoms with E-state index in [1.807, 2.05) is 0 Å². The van der Waals surface area contributed by atoms with Crippen molar-refractivity contribution < 1.29 is 19.5 Å². The van der Waals surface area contributed by atoms with Crippen molar-refractivity contribution in [2.45, 2.75) is 58.6 Å². The molecule has 2 unspecified atom stereocenters. The molecule has 0 saturated carbocycles. The Bertz CT molecular complexity index is 353. The lowest BCUT2D eigenvalue weighted by atomic mass is 10.1. The van der Waals surface area contributed by atoms with E-state index in [0.717, 1.165) is 6.42 Å². The van der Waals surface area contributed by atoms with Crippen molar-refractivity contribution in [3.63, 3.8) is 0 Å². The number of hydrogen-bond donors (Lipinski definition) is 1. The highest BCUT2D eigenvalue weighted by molar-refractivity contribution is 5.82. The Kier molecular flexibility index (Phi) is 6.15. The van der Waals surface area contributed by atoms with E-state index in [2.05, 4.69) is 0 Å². The lowest BCUT2D eigenvalue weighted by Gasteiger charge is -2.19. The highest BCUT2D eigenvalue weighted by Gasteiger charge is 2.35. The Hall–Kier alpha value is -1.23. The van der Waals surface area contributed by atoms with E-state index in [4.69, 9.17) is 0 Å². The fourth-order valence-electron chi connectivity index (χ4n) is 2.30. The molecule has 1 heterocycles. The first-order valence-corrected chi connectivity index (χ1v) is 6.91. The average molecular weight is 269 g/mol. The number of aliphatic hydroxyl groups is 1. The summed E-state index contributed by atoms with van der Waals surface area (Å²) in [5.41, 5.74) is 0. The molecule has 1 aliphatic rings. The average Bonchev–Trinajstić information content (AvgIpc) is 2.57. The zero-order valence-electron chi connectivity index (χ0n) is 11.7. The molecule has 5 heteroatoms. The minimum absolute atomic E-state index is 0.0723. The van der Waals surface area contributed by atoms with Gasteiger partial charge in [-0.1, -0.05) is 6.92 Å². The minimum atomic E-state index is -0.743. The second-order valence-corrected chi connectivity index (χ2v) is 5.35. The molecule has 1 saturated heterocycles. The molecule has 108 valence electrons. The minimum Gasteiger partial charge on any atom is -0.373 e. The predicted molar refractivity (Wildman–Crippen MR) is 70.3 cm³/mol. The van der Waals surface area contributed by atoms with Gasteiger partial charge in [0.15, 0.2) is 0 Å². The number of likely N-dealkylation sites (tertiary alicyclic amines) is 1. The molecule has 0 aromatic heterocycles. The van der Waals surface area contributed by atoms with E-state index in [-0.39, 0.29) is 29.8 Å². The molecule has 5 nitrogen and oxygen atoms in total. The molecule has 19 heavy (non-hydrogen) atoms. The van der Waals surface area contributed by atoms with Gasteiger partial charge in [-0.05, 0) is 19.8 Å². The summed E-state index contributed by atoms with van der Waals surface area (Å²) in [6, 6.07) is 0. The quantitative estimate of drug-likeness (QED) is 0.674. The molecular formula is C14H23NO4. The van der Waals surface area contributed by atoms with Gasteiger partial charge in [-0.15, -0.1) is 0 Å². The summed E-state index contributed by atoms with van der Waals surface area (Å²) < 4.78 is 0. The number of rotatable bonds is 8. The summed E-state index contributed by atoms with van der Waals surface area (Å²) in [6.07, 6.45) is 2.42. The van der Waals surface area contributed by atoms with Crippen molar-refractivity contribution in [2.24, 2.45) is 5.92 Å². The van der Waals surface area contributed by atoms with Gasteiger partial charge in [0.2, 0.25) is 5.91 Å². The maximum absolute atomic E-state index is 11.7. The molecular weight excluding hydrogens is 246 g/mol.